The molecule has 3 heteroatoms. The van der Waals surface area contributed by atoms with Gasteiger partial charge in [0, 0.05) is 0 Å². The molecule has 1 aromatic heterocycles. The van der Waals surface area contributed by atoms with Gasteiger partial charge in [0.1, 0.15) is 16.9 Å². The minimum Gasteiger partial charge on any atom is -0.456 e. The molecule has 28 heavy (non-hydrogen) atoms. The molecule has 4 aromatic rings. The van der Waals surface area contributed by atoms with E-state index in [4.69, 9.17) is 9.72 Å². The molecule has 0 saturated carbocycles. The summed E-state index contributed by atoms with van der Waals surface area (Å²) in [6.45, 7) is 8.88. The average molecular weight is 369 g/mol. The molecule has 0 N–H and O–H groups in total. The molecule has 0 bridgehead atoms. The topological polar surface area (TPSA) is 26.0 Å². The molecule has 0 spiro atoms. The molecule has 0 radical (unpaired) electrons. The normalized spacial score (nSPS) is 12.5. The molecule has 0 amide bonds. The standard InChI is InChI=1S/C25H25N2O/c1-14(2)9-17-10-19-24-20(11-17)28-21-12-18-8-6-7-15(3)22(18)16(4)23(21)25(24)27(5)13-26-19/h6-8,10-14H,9H2,1-5H3/q+1. The summed E-state index contributed by atoms with van der Waals surface area (Å²) in [6.07, 6.45) is 2.95. The number of nitrogens with zero attached hydrogens (tertiary/aromatic N) is 2. The SMILES string of the molecule is Cc1cccc2cc3c(c(C)c12)-c1c2c(cc(CC(C)C)cc2nc[n+]1C)O3. The molecular formula is C25H25N2O+. The van der Waals surface area contributed by atoms with Crippen LogP contribution in [0.5, 0.6) is 11.5 Å². The van der Waals surface area contributed by atoms with Crippen molar-refractivity contribution in [3.63, 3.8) is 0 Å². The van der Waals surface area contributed by atoms with Crippen LogP contribution in [0.25, 0.3) is 32.9 Å². The average Bonchev–Trinajstić information content (AvgIpc) is 2.63. The minimum absolute atomic E-state index is 0.592. The van der Waals surface area contributed by atoms with Gasteiger partial charge in [0.25, 0.3) is 6.33 Å². The lowest BCUT2D eigenvalue weighted by molar-refractivity contribution is -0.662. The van der Waals surface area contributed by atoms with Gasteiger partial charge in [-0.3, -0.25) is 0 Å². The summed E-state index contributed by atoms with van der Waals surface area (Å²) in [5, 5.41) is 3.65. The molecule has 140 valence electrons. The van der Waals surface area contributed by atoms with E-state index >= 15 is 0 Å². The summed E-state index contributed by atoms with van der Waals surface area (Å²) in [4.78, 5) is 4.72. The van der Waals surface area contributed by atoms with Gasteiger partial charge in [-0.25, -0.2) is 4.57 Å². The highest BCUT2D eigenvalue weighted by atomic mass is 16.5. The number of ether oxygens (including phenoxy) is 1. The second kappa shape index (κ2) is 6.03. The highest BCUT2D eigenvalue weighted by Gasteiger charge is 2.30. The predicted molar refractivity (Wildman–Crippen MR) is 114 cm³/mol. The van der Waals surface area contributed by atoms with Crippen molar-refractivity contribution in [2.75, 3.05) is 0 Å². The van der Waals surface area contributed by atoms with Crippen molar-refractivity contribution in [3.05, 3.63) is 59.4 Å². The zero-order valence-corrected chi connectivity index (χ0v) is 17.1. The van der Waals surface area contributed by atoms with Crippen molar-refractivity contribution in [1.82, 2.24) is 4.98 Å². The van der Waals surface area contributed by atoms with Crippen LogP contribution in [-0.2, 0) is 13.5 Å². The van der Waals surface area contributed by atoms with Crippen molar-refractivity contribution in [2.45, 2.75) is 34.1 Å². The summed E-state index contributed by atoms with van der Waals surface area (Å²) in [6, 6.07) is 13.1. The van der Waals surface area contributed by atoms with Crippen molar-refractivity contribution >= 4 is 21.7 Å². The molecule has 1 aliphatic rings. The first kappa shape index (κ1) is 17.2. The molecule has 5 rings (SSSR count). The van der Waals surface area contributed by atoms with E-state index in [1.807, 2.05) is 6.33 Å². The van der Waals surface area contributed by atoms with E-state index in [2.05, 4.69) is 75.7 Å². The van der Waals surface area contributed by atoms with Gasteiger partial charge in [0.05, 0.1) is 12.6 Å². The smallest absolute Gasteiger partial charge is 0.287 e. The van der Waals surface area contributed by atoms with E-state index in [0.717, 1.165) is 28.8 Å². The van der Waals surface area contributed by atoms with E-state index in [1.165, 1.54) is 38.7 Å². The number of aryl methyl sites for hydroxylation is 3. The van der Waals surface area contributed by atoms with Gasteiger partial charge in [0.2, 0.25) is 0 Å². The monoisotopic (exact) mass is 369 g/mol. The van der Waals surface area contributed by atoms with Gasteiger partial charge < -0.3 is 4.74 Å². The Labute approximate surface area is 165 Å². The highest BCUT2D eigenvalue weighted by Crippen LogP contribution is 2.48. The van der Waals surface area contributed by atoms with E-state index in [0.29, 0.717) is 5.92 Å². The number of fused-ring (bicyclic) bond motifs is 3. The number of rotatable bonds is 2. The first-order chi connectivity index (χ1) is 13.4. The zero-order valence-electron chi connectivity index (χ0n) is 17.1. The van der Waals surface area contributed by atoms with Gasteiger partial charge in [-0.2, -0.15) is 0 Å². The number of hydrogen-bond donors (Lipinski definition) is 0. The molecule has 0 unspecified atom stereocenters. The fourth-order valence-corrected chi connectivity index (χ4v) is 4.69. The van der Waals surface area contributed by atoms with E-state index < -0.39 is 0 Å². The van der Waals surface area contributed by atoms with Gasteiger partial charge >= 0.3 is 0 Å². The van der Waals surface area contributed by atoms with Gasteiger partial charge in [-0.1, -0.05) is 32.0 Å². The van der Waals surface area contributed by atoms with Crippen LogP contribution in [0.1, 0.15) is 30.5 Å². The maximum atomic E-state index is 6.50. The molecule has 0 aliphatic carbocycles. The summed E-state index contributed by atoms with van der Waals surface area (Å²) in [5.74, 6) is 2.45. The van der Waals surface area contributed by atoms with Gasteiger partial charge in [-0.15, -0.1) is 0 Å². The van der Waals surface area contributed by atoms with Crippen LogP contribution in [-0.4, -0.2) is 4.98 Å². The Balaban J connectivity index is 1.89. The van der Waals surface area contributed by atoms with Gasteiger partial charge in [0.15, 0.2) is 11.2 Å². The fraction of sp³-hybridized carbons (Fsp3) is 0.280. The third-order valence-electron chi connectivity index (χ3n) is 5.79. The molecule has 0 fully saturated rings. The van der Waals surface area contributed by atoms with Crippen molar-refractivity contribution < 1.29 is 9.30 Å². The lowest BCUT2D eigenvalue weighted by atomic mass is 9.90. The molecule has 2 heterocycles. The predicted octanol–water partition coefficient (Wildman–Crippen LogP) is 5.80. The maximum absolute atomic E-state index is 6.50. The second-order valence-corrected chi connectivity index (χ2v) is 8.44. The van der Waals surface area contributed by atoms with E-state index in [1.54, 1.807) is 0 Å². The lowest BCUT2D eigenvalue weighted by Crippen LogP contribution is -2.33. The lowest BCUT2D eigenvalue weighted by Gasteiger charge is -2.23. The molecule has 3 aromatic carbocycles. The van der Waals surface area contributed by atoms with Crippen LogP contribution in [0.15, 0.2) is 42.7 Å². The first-order valence-electron chi connectivity index (χ1n) is 9.96. The second-order valence-electron chi connectivity index (χ2n) is 8.44. The number of aromatic nitrogens is 2. The van der Waals surface area contributed by atoms with Crippen LogP contribution in [0, 0.1) is 19.8 Å². The third-order valence-corrected chi connectivity index (χ3v) is 5.79. The zero-order chi connectivity index (χ0) is 19.6. The Morgan fingerprint density at radius 2 is 1.86 bits per heavy atom. The quantitative estimate of drug-likeness (QED) is 0.368. The Hall–Kier alpha value is -2.94. The summed E-state index contributed by atoms with van der Waals surface area (Å²) in [7, 11) is 2.07. The van der Waals surface area contributed by atoms with E-state index in [9.17, 15) is 0 Å². The van der Waals surface area contributed by atoms with Gasteiger partial charge in [-0.05, 0) is 76.8 Å². The van der Waals surface area contributed by atoms with E-state index in [-0.39, 0.29) is 0 Å². The van der Waals surface area contributed by atoms with Crippen molar-refractivity contribution in [3.8, 4) is 22.8 Å². The Kier molecular flexibility index (Phi) is 3.70. The largest absolute Gasteiger partial charge is 0.456 e. The Morgan fingerprint density at radius 1 is 1.04 bits per heavy atom. The Bertz CT molecular complexity index is 1270. The highest BCUT2D eigenvalue weighted by molar-refractivity contribution is 6.04. The summed E-state index contributed by atoms with van der Waals surface area (Å²) >= 11 is 0. The first-order valence-corrected chi connectivity index (χ1v) is 9.96. The van der Waals surface area contributed by atoms with Crippen molar-refractivity contribution in [2.24, 2.45) is 13.0 Å². The van der Waals surface area contributed by atoms with Crippen LogP contribution < -0.4 is 9.30 Å². The van der Waals surface area contributed by atoms with Crippen LogP contribution in [0.2, 0.25) is 0 Å². The van der Waals surface area contributed by atoms with Crippen molar-refractivity contribution in [1.29, 1.82) is 0 Å². The minimum atomic E-state index is 0.592. The molecular weight excluding hydrogens is 344 g/mol. The van der Waals surface area contributed by atoms with Crippen LogP contribution >= 0.6 is 0 Å². The Morgan fingerprint density at radius 3 is 2.64 bits per heavy atom. The molecule has 0 saturated heterocycles. The molecule has 1 aliphatic heterocycles. The summed E-state index contributed by atoms with van der Waals surface area (Å²) in [5.41, 5.74) is 7.23. The fourth-order valence-electron chi connectivity index (χ4n) is 4.69. The van der Waals surface area contributed by atoms with Crippen LogP contribution in [0.4, 0.5) is 0 Å². The van der Waals surface area contributed by atoms with Crippen LogP contribution in [0.3, 0.4) is 0 Å². The third kappa shape index (κ3) is 2.42. The number of hydrogen-bond acceptors (Lipinski definition) is 2. The summed E-state index contributed by atoms with van der Waals surface area (Å²) < 4.78 is 8.63. The number of benzene rings is 3. The molecule has 0 atom stereocenters. The maximum Gasteiger partial charge on any atom is 0.287 e. The molecule has 3 nitrogen and oxygen atoms in total.